The molecule has 6 N–H and O–H groups in total. The zero-order chi connectivity index (χ0) is 14.6. The Balaban J connectivity index is 1.95. The molecule has 7 nitrogen and oxygen atoms in total. The minimum absolute atomic E-state index is 0.0419. The maximum Gasteiger partial charge on any atom is 0.238 e. The second kappa shape index (κ2) is 5.93. The summed E-state index contributed by atoms with van der Waals surface area (Å²) in [5.74, 6) is 0.915. The molecule has 2 rings (SSSR count). The molecule has 1 heterocycles. The maximum atomic E-state index is 11.3. The van der Waals surface area contributed by atoms with Crippen molar-refractivity contribution >= 4 is 21.4 Å². The van der Waals surface area contributed by atoms with Crippen LogP contribution < -0.4 is 16.2 Å². The number of nitrogens with two attached hydrogens (primary N) is 2. The third-order valence-electron chi connectivity index (χ3n) is 2.81. The zero-order valence-corrected chi connectivity index (χ0v) is 11.7. The van der Waals surface area contributed by atoms with Gasteiger partial charge in [-0.2, -0.15) is 0 Å². The molecule has 2 aromatic rings. The van der Waals surface area contributed by atoms with Gasteiger partial charge < -0.3 is 16.0 Å². The van der Waals surface area contributed by atoms with E-state index < -0.39 is 10.0 Å². The second-order valence-electron chi connectivity index (χ2n) is 4.36. The molecule has 0 bridgehead atoms. The van der Waals surface area contributed by atoms with Crippen LogP contribution in [0.15, 0.2) is 35.5 Å². The molecule has 0 saturated carbocycles. The lowest BCUT2D eigenvalue weighted by Gasteiger charge is -2.10. The number of H-pyrrole nitrogens is 1. The summed E-state index contributed by atoms with van der Waals surface area (Å²) in [5, 5.41) is 8.19. The average molecular weight is 295 g/mol. The second-order valence-corrected chi connectivity index (χ2v) is 5.92. The van der Waals surface area contributed by atoms with Gasteiger partial charge >= 0.3 is 0 Å². The molecule has 0 aliphatic carbocycles. The molecule has 0 spiro atoms. The standard InChI is InChI=1S/C12H17N5O2S/c13-10-4-3-9(20(14,18)19)8-11(10)15-5-1-2-12-16-6-7-17-12/h3-4,6-8,15H,1-2,5,13H2,(H,16,17)(H2,14,18,19). The van der Waals surface area contributed by atoms with Gasteiger partial charge in [-0.05, 0) is 24.6 Å². The molecule has 8 heteroatoms. The Morgan fingerprint density at radius 2 is 2.15 bits per heavy atom. The van der Waals surface area contributed by atoms with Crippen LogP contribution >= 0.6 is 0 Å². The Labute approximate surface area is 117 Å². The lowest BCUT2D eigenvalue weighted by molar-refractivity contribution is 0.598. The smallest absolute Gasteiger partial charge is 0.238 e. The largest absolute Gasteiger partial charge is 0.397 e. The van der Waals surface area contributed by atoms with Crippen molar-refractivity contribution in [2.24, 2.45) is 5.14 Å². The summed E-state index contributed by atoms with van der Waals surface area (Å²) in [6, 6.07) is 4.35. The number of primary sulfonamides is 1. The first kappa shape index (κ1) is 14.4. The molecule has 0 unspecified atom stereocenters. The maximum absolute atomic E-state index is 11.3. The van der Waals surface area contributed by atoms with Gasteiger partial charge in [0.15, 0.2) is 0 Å². The summed E-state index contributed by atoms with van der Waals surface area (Å²) in [4.78, 5) is 7.18. The monoisotopic (exact) mass is 295 g/mol. The number of imidazole rings is 1. The normalized spacial score (nSPS) is 11.4. The van der Waals surface area contributed by atoms with E-state index in [-0.39, 0.29) is 4.90 Å². The number of aromatic nitrogens is 2. The lowest BCUT2D eigenvalue weighted by Crippen LogP contribution is -2.13. The highest BCUT2D eigenvalue weighted by Crippen LogP contribution is 2.22. The minimum Gasteiger partial charge on any atom is -0.397 e. The van der Waals surface area contributed by atoms with Crippen molar-refractivity contribution < 1.29 is 8.42 Å². The number of aryl methyl sites for hydroxylation is 1. The Hall–Kier alpha value is -2.06. The highest BCUT2D eigenvalue weighted by atomic mass is 32.2. The van der Waals surface area contributed by atoms with Crippen molar-refractivity contribution in [1.82, 2.24) is 9.97 Å². The fourth-order valence-electron chi connectivity index (χ4n) is 1.78. The van der Waals surface area contributed by atoms with E-state index in [1.807, 2.05) is 0 Å². The van der Waals surface area contributed by atoms with E-state index in [4.69, 9.17) is 10.9 Å². The number of anilines is 2. The lowest BCUT2D eigenvalue weighted by atomic mass is 10.2. The molecular formula is C12H17N5O2S. The summed E-state index contributed by atoms with van der Waals surface area (Å²) < 4.78 is 22.6. The van der Waals surface area contributed by atoms with Gasteiger partial charge in [0.25, 0.3) is 0 Å². The molecule has 108 valence electrons. The van der Waals surface area contributed by atoms with E-state index in [0.717, 1.165) is 18.7 Å². The van der Waals surface area contributed by atoms with Crippen molar-refractivity contribution in [2.75, 3.05) is 17.6 Å². The van der Waals surface area contributed by atoms with Gasteiger partial charge in [0.1, 0.15) is 5.82 Å². The van der Waals surface area contributed by atoms with Crippen molar-refractivity contribution in [3.8, 4) is 0 Å². The first-order chi connectivity index (χ1) is 9.47. The number of nitrogens with one attached hydrogen (secondary N) is 2. The van der Waals surface area contributed by atoms with E-state index >= 15 is 0 Å². The van der Waals surface area contributed by atoms with E-state index in [0.29, 0.717) is 17.9 Å². The Kier molecular flexibility index (Phi) is 4.26. The number of rotatable bonds is 6. The third-order valence-corrected chi connectivity index (χ3v) is 3.72. The van der Waals surface area contributed by atoms with Crippen LogP contribution in [0, 0.1) is 0 Å². The van der Waals surface area contributed by atoms with E-state index in [1.165, 1.54) is 18.2 Å². The average Bonchev–Trinajstić information content (AvgIpc) is 2.88. The van der Waals surface area contributed by atoms with Crippen LogP contribution in [-0.4, -0.2) is 24.9 Å². The van der Waals surface area contributed by atoms with Crippen molar-refractivity contribution in [1.29, 1.82) is 0 Å². The number of hydrogen-bond donors (Lipinski definition) is 4. The van der Waals surface area contributed by atoms with Crippen LogP contribution in [-0.2, 0) is 16.4 Å². The van der Waals surface area contributed by atoms with Crippen LogP contribution in [0.1, 0.15) is 12.2 Å². The number of hydrogen-bond acceptors (Lipinski definition) is 5. The first-order valence-corrected chi connectivity index (χ1v) is 7.66. The van der Waals surface area contributed by atoms with Gasteiger partial charge in [-0.15, -0.1) is 0 Å². The van der Waals surface area contributed by atoms with Crippen LogP contribution in [0.5, 0.6) is 0 Å². The number of nitrogens with zero attached hydrogens (tertiary/aromatic N) is 1. The van der Waals surface area contributed by atoms with Gasteiger partial charge in [-0.3, -0.25) is 0 Å². The van der Waals surface area contributed by atoms with Crippen molar-refractivity contribution in [3.63, 3.8) is 0 Å². The van der Waals surface area contributed by atoms with Gasteiger partial charge in [0, 0.05) is 25.4 Å². The molecule has 0 aliphatic heterocycles. The SMILES string of the molecule is Nc1ccc(S(N)(=O)=O)cc1NCCCc1ncc[nH]1. The molecule has 0 radical (unpaired) electrons. The van der Waals surface area contributed by atoms with Crippen LogP contribution in [0.4, 0.5) is 11.4 Å². The minimum atomic E-state index is -3.72. The summed E-state index contributed by atoms with van der Waals surface area (Å²) in [5.41, 5.74) is 6.84. The quantitative estimate of drug-likeness (QED) is 0.460. The van der Waals surface area contributed by atoms with Gasteiger partial charge in [0.05, 0.1) is 16.3 Å². The summed E-state index contributed by atoms with van der Waals surface area (Å²) in [6.45, 7) is 0.652. The fourth-order valence-corrected chi connectivity index (χ4v) is 2.32. The Bertz CT molecular complexity index is 667. The topological polar surface area (TPSA) is 127 Å². The van der Waals surface area contributed by atoms with Crippen molar-refractivity contribution in [3.05, 3.63) is 36.4 Å². The Morgan fingerprint density at radius 3 is 2.80 bits per heavy atom. The van der Waals surface area contributed by atoms with E-state index in [1.54, 1.807) is 12.4 Å². The van der Waals surface area contributed by atoms with Crippen LogP contribution in [0.3, 0.4) is 0 Å². The van der Waals surface area contributed by atoms with Gasteiger partial charge in [-0.25, -0.2) is 18.5 Å². The predicted molar refractivity (Wildman–Crippen MR) is 77.6 cm³/mol. The van der Waals surface area contributed by atoms with Crippen molar-refractivity contribution in [2.45, 2.75) is 17.7 Å². The molecule has 1 aromatic carbocycles. The molecule has 0 aliphatic rings. The molecule has 0 atom stereocenters. The first-order valence-electron chi connectivity index (χ1n) is 6.11. The van der Waals surface area contributed by atoms with Crippen LogP contribution in [0.2, 0.25) is 0 Å². The number of sulfonamides is 1. The fraction of sp³-hybridized carbons (Fsp3) is 0.250. The Morgan fingerprint density at radius 1 is 1.35 bits per heavy atom. The van der Waals surface area contributed by atoms with Gasteiger partial charge in [-0.1, -0.05) is 0 Å². The molecule has 0 saturated heterocycles. The number of nitrogen functional groups attached to an aromatic ring is 1. The number of aromatic amines is 1. The zero-order valence-electron chi connectivity index (χ0n) is 10.8. The molecule has 0 amide bonds. The van der Waals surface area contributed by atoms with E-state index in [2.05, 4.69) is 15.3 Å². The van der Waals surface area contributed by atoms with Gasteiger partial charge in [0.2, 0.25) is 10.0 Å². The van der Waals surface area contributed by atoms with Crippen LogP contribution in [0.25, 0.3) is 0 Å². The summed E-state index contributed by atoms with van der Waals surface area (Å²) in [7, 11) is -3.72. The molecule has 20 heavy (non-hydrogen) atoms. The third kappa shape index (κ3) is 3.72. The number of benzene rings is 1. The summed E-state index contributed by atoms with van der Waals surface area (Å²) in [6.07, 6.45) is 5.12. The predicted octanol–water partition coefficient (Wildman–Crippen LogP) is 0.684. The molecular weight excluding hydrogens is 278 g/mol. The van der Waals surface area contributed by atoms with E-state index in [9.17, 15) is 8.42 Å². The molecule has 1 aromatic heterocycles. The highest BCUT2D eigenvalue weighted by molar-refractivity contribution is 7.89. The highest BCUT2D eigenvalue weighted by Gasteiger charge is 2.10. The molecule has 0 fully saturated rings. The summed E-state index contributed by atoms with van der Waals surface area (Å²) >= 11 is 0.